The summed E-state index contributed by atoms with van der Waals surface area (Å²) in [4.78, 5) is 2.36. The van der Waals surface area contributed by atoms with E-state index in [1.807, 2.05) is 0 Å². The molecule has 1 aliphatic rings. The van der Waals surface area contributed by atoms with Crippen LogP contribution in [-0.4, -0.2) is 19.1 Å². The molecular weight excluding hydrogens is 184 g/mol. The van der Waals surface area contributed by atoms with Gasteiger partial charge in [0.25, 0.3) is 0 Å². The van der Waals surface area contributed by atoms with Crippen molar-refractivity contribution in [2.45, 2.75) is 32.2 Å². The topological polar surface area (TPSA) is 29.3 Å². The minimum Gasteiger partial charge on any atom is -0.372 e. The SMILES string of the molecule is CCN(CC)c1ccc(C2CC2N)cc1. The van der Waals surface area contributed by atoms with Crippen LogP contribution in [0.4, 0.5) is 5.69 Å². The van der Waals surface area contributed by atoms with Crippen molar-refractivity contribution >= 4 is 5.69 Å². The molecule has 1 aromatic carbocycles. The summed E-state index contributed by atoms with van der Waals surface area (Å²) in [6.45, 7) is 6.51. The van der Waals surface area contributed by atoms with Crippen LogP contribution in [0.2, 0.25) is 0 Å². The fourth-order valence-corrected chi connectivity index (χ4v) is 2.12. The fourth-order valence-electron chi connectivity index (χ4n) is 2.12. The van der Waals surface area contributed by atoms with E-state index in [0.717, 1.165) is 19.5 Å². The summed E-state index contributed by atoms with van der Waals surface area (Å²) in [6.07, 6.45) is 1.16. The van der Waals surface area contributed by atoms with Crippen molar-refractivity contribution in [2.24, 2.45) is 5.73 Å². The van der Waals surface area contributed by atoms with Crippen LogP contribution >= 0.6 is 0 Å². The fraction of sp³-hybridized carbons (Fsp3) is 0.538. The number of hydrogen-bond acceptors (Lipinski definition) is 2. The Morgan fingerprint density at radius 3 is 2.13 bits per heavy atom. The number of nitrogens with two attached hydrogens (primary N) is 1. The lowest BCUT2D eigenvalue weighted by Crippen LogP contribution is -2.21. The van der Waals surface area contributed by atoms with E-state index in [9.17, 15) is 0 Å². The van der Waals surface area contributed by atoms with E-state index >= 15 is 0 Å². The number of hydrogen-bond donors (Lipinski definition) is 1. The first-order chi connectivity index (χ1) is 7.26. The van der Waals surface area contributed by atoms with Gasteiger partial charge in [-0.3, -0.25) is 0 Å². The van der Waals surface area contributed by atoms with Gasteiger partial charge in [0.05, 0.1) is 0 Å². The molecule has 1 fully saturated rings. The van der Waals surface area contributed by atoms with Gasteiger partial charge in [-0.1, -0.05) is 12.1 Å². The lowest BCUT2D eigenvalue weighted by atomic mass is 10.1. The van der Waals surface area contributed by atoms with Crippen LogP contribution < -0.4 is 10.6 Å². The third-order valence-corrected chi connectivity index (χ3v) is 3.29. The van der Waals surface area contributed by atoms with Crippen molar-refractivity contribution in [3.05, 3.63) is 29.8 Å². The van der Waals surface area contributed by atoms with Crippen molar-refractivity contribution in [3.8, 4) is 0 Å². The Morgan fingerprint density at radius 1 is 1.20 bits per heavy atom. The van der Waals surface area contributed by atoms with E-state index in [1.54, 1.807) is 0 Å². The summed E-state index contributed by atoms with van der Waals surface area (Å²) in [7, 11) is 0. The largest absolute Gasteiger partial charge is 0.372 e. The highest BCUT2D eigenvalue weighted by Gasteiger charge is 2.34. The van der Waals surface area contributed by atoms with Crippen LogP contribution in [0.3, 0.4) is 0 Å². The van der Waals surface area contributed by atoms with Crippen molar-refractivity contribution in [2.75, 3.05) is 18.0 Å². The molecule has 15 heavy (non-hydrogen) atoms. The van der Waals surface area contributed by atoms with Crippen LogP contribution in [0.15, 0.2) is 24.3 Å². The van der Waals surface area contributed by atoms with Gasteiger partial charge in [-0.15, -0.1) is 0 Å². The molecule has 2 N–H and O–H groups in total. The molecule has 1 aromatic rings. The van der Waals surface area contributed by atoms with Crippen LogP contribution in [-0.2, 0) is 0 Å². The predicted molar refractivity (Wildman–Crippen MR) is 65.3 cm³/mol. The van der Waals surface area contributed by atoms with E-state index in [1.165, 1.54) is 11.3 Å². The summed E-state index contributed by atoms with van der Waals surface area (Å²) >= 11 is 0. The maximum absolute atomic E-state index is 5.84. The number of nitrogens with zero attached hydrogens (tertiary/aromatic N) is 1. The Labute approximate surface area is 92.1 Å². The average Bonchev–Trinajstić information content (AvgIpc) is 2.98. The number of anilines is 1. The van der Waals surface area contributed by atoms with Gasteiger partial charge in [-0.2, -0.15) is 0 Å². The first-order valence-electron chi connectivity index (χ1n) is 5.86. The molecule has 1 saturated carbocycles. The van der Waals surface area contributed by atoms with E-state index < -0.39 is 0 Å². The van der Waals surface area contributed by atoms with E-state index in [-0.39, 0.29) is 0 Å². The van der Waals surface area contributed by atoms with Crippen molar-refractivity contribution in [1.29, 1.82) is 0 Å². The molecule has 0 aliphatic heterocycles. The molecule has 0 bridgehead atoms. The van der Waals surface area contributed by atoms with E-state index in [0.29, 0.717) is 12.0 Å². The Balaban J connectivity index is 2.09. The Kier molecular flexibility index (Phi) is 2.96. The number of benzene rings is 1. The molecule has 0 spiro atoms. The molecule has 2 unspecified atom stereocenters. The maximum Gasteiger partial charge on any atom is 0.0366 e. The highest BCUT2D eigenvalue weighted by Crippen LogP contribution is 2.39. The normalized spacial score (nSPS) is 23.9. The van der Waals surface area contributed by atoms with Crippen LogP contribution in [0, 0.1) is 0 Å². The van der Waals surface area contributed by atoms with Gasteiger partial charge < -0.3 is 10.6 Å². The van der Waals surface area contributed by atoms with E-state index in [4.69, 9.17) is 5.73 Å². The first-order valence-corrected chi connectivity index (χ1v) is 5.86. The van der Waals surface area contributed by atoms with Gasteiger partial charge >= 0.3 is 0 Å². The lowest BCUT2D eigenvalue weighted by molar-refractivity contribution is 0.865. The Hall–Kier alpha value is -1.02. The summed E-state index contributed by atoms with van der Waals surface area (Å²) in [5.41, 5.74) is 8.56. The van der Waals surface area contributed by atoms with Gasteiger partial charge in [-0.25, -0.2) is 0 Å². The zero-order chi connectivity index (χ0) is 10.8. The molecule has 0 saturated heterocycles. The maximum atomic E-state index is 5.84. The van der Waals surface area contributed by atoms with Gasteiger partial charge in [0.1, 0.15) is 0 Å². The molecule has 0 radical (unpaired) electrons. The zero-order valence-corrected chi connectivity index (χ0v) is 9.61. The molecule has 0 aromatic heterocycles. The van der Waals surface area contributed by atoms with Crippen LogP contribution in [0.1, 0.15) is 31.7 Å². The molecule has 2 rings (SSSR count). The minimum atomic E-state index is 0.407. The van der Waals surface area contributed by atoms with Gasteiger partial charge in [0, 0.05) is 30.7 Å². The third-order valence-electron chi connectivity index (χ3n) is 3.29. The molecular formula is C13H20N2. The second kappa shape index (κ2) is 4.23. The van der Waals surface area contributed by atoms with Crippen LogP contribution in [0.25, 0.3) is 0 Å². The second-order valence-electron chi connectivity index (χ2n) is 4.27. The van der Waals surface area contributed by atoms with Crippen molar-refractivity contribution in [3.63, 3.8) is 0 Å². The summed E-state index contributed by atoms with van der Waals surface area (Å²) in [5.74, 6) is 0.621. The third kappa shape index (κ3) is 2.15. The molecule has 0 amide bonds. The molecule has 0 heterocycles. The van der Waals surface area contributed by atoms with Crippen molar-refractivity contribution < 1.29 is 0 Å². The second-order valence-corrected chi connectivity index (χ2v) is 4.27. The summed E-state index contributed by atoms with van der Waals surface area (Å²) < 4.78 is 0. The van der Waals surface area contributed by atoms with E-state index in [2.05, 4.69) is 43.0 Å². The highest BCUT2D eigenvalue weighted by molar-refractivity contribution is 5.48. The van der Waals surface area contributed by atoms with Crippen molar-refractivity contribution in [1.82, 2.24) is 0 Å². The smallest absolute Gasteiger partial charge is 0.0366 e. The summed E-state index contributed by atoms with van der Waals surface area (Å²) in [5, 5.41) is 0. The lowest BCUT2D eigenvalue weighted by Gasteiger charge is -2.21. The zero-order valence-electron chi connectivity index (χ0n) is 9.61. The molecule has 1 aliphatic carbocycles. The Morgan fingerprint density at radius 2 is 1.73 bits per heavy atom. The summed E-state index contributed by atoms with van der Waals surface area (Å²) in [6, 6.07) is 9.29. The average molecular weight is 204 g/mol. The van der Waals surface area contributed by atoms with Gasteiger partial charge in [-0.05, 0) is 38.0 Å². The standard InChI is InChI=1S/C13H20N2/c1-3-15(4-2)11-7-5-10(6-8-11)12-9-13(12)14/h5-8,12-13H,3-4,9,14H2,1-2H3. The molecule has 82 valence electrons. The predicted octanol–water partition coefficient (Wildman–Crippen LogP) is 2.35. The van der Waals surface area contributed by atoms with Crippen LogP contribution in [0.5, 0.6) is 0 Å². The molecule has 2 heteroatoms. The van der Waals surface area contributed by atoms with Gasteiger partial charge in [0.15, 0.2) is 0 Å². The minimum absolute atomic E-state index is 0.407. The monoisotopic (exact) mass is 204 g/mol. The molecule has 2 atom stereocenters. The highest BCUT2D eigenvalue weighted by atomic mass is 15.1. The first kappa shape index (κ1) is 10.5. The molecule has 2 nitrogen and oxygen atoms in total. The quantitative estimate of drug-likeness (QED) is 0.815. The van der Waals surface area contributed by atoms with Gasteiger partial charge in [0.2, 0.25) is 0 Å². The Bertz CT molecular complexity index is 314. The number of rotatable bonds is 4.